The van der Waals surface area contributed by atoms with Gasteiger partial charge in [-0.25, -0.2) is 4.98 Å². The van der Waals surface area contributed by atoms with Gasteiger partial charge in [-0.2, -0.15) is 4.98 Å². The molecule has 18 heavy (non-hydrogen) atoms. The average Bonchev–Trinajstić information content (AvgIpc) is 2.38. The Bertz CT molecular complexity index is 570. The molecule has 0 spiro atoms. The third-order valence-corrected chi connectivity index (χ3v) is 3.27. The highest BCUT2D eigenvalue weighted by molar-refractivity contribution is 5.90. The Labute approximate surface area is 106 Å². The number of aromatic nitrogens is 2. The molecule has 1 aliphatic heterocycles. The summed E-state index contributed by atoms with van der Waals surface area (Å²) in [6.07, 6.45) is 0. The van der Waals surface area contributed by atoms with Gasteiger partial charge < -0.3 is 16.0 Å². The summed E-state index contributed by atoms with van der Waals surface area (Å²) in [5.74, 6) is 1.31. The SMILES string of the molecule is Cc1ccc2c(N3CCNCC3)nc(N)nc2c1. The van der Waals surface area contributed by atoms with E-state index < -0.39 is 0 Å². The second kappa shape index (κ2) is 4.42. The van der Waals surface area contributed by atoms with Crippen molar-refractivity contribution in [2.45, 2.75) is 6.92 Å². The van der Waals surface area contributed by atoms with Gasteiger partial charge in [0.1, 0.15) is 5.82 Å². The lowest BCUT2D eigenvalue weighted by atomic mass is 10.1. The first kappa shape index (κ1) is 11.2. The van der Waals surface area contributed by atoms with Crippen LogP contribution < -0.4 is 16.0 Å². The molecule has 2 heterocycles. The van der Waals surface area contributed by atoms with Crippen LogP contribution in [0.15, 0.2) is 18.2 Å². The van der Waals surface area contributed by atoms with Crippen molar-refractivity contribution < 1.29 is 0 Å². The number of hydrogen-bond donors (Lipinski definition) is 2. The third-order valence-electron chi connectivity index (χ3n) is 3.27. The van der Waals surface area contributed by atoms with E-state index in [1.807, 2.05) is 0 Å². The van der Waals surface area contributed by atoms with Gasteiger partial charge in [-0.15, -0.1) is 0 Å². The lowest BCUT2D eigenvalue weighted by Gasteiger charge is -2.29. The first-order chi connectivity index (χ1) is 8.74. The second-order valence-corrected chi connectivity index (χ2v) is 4.66. The van der Waals surface area contributed by atoms with Crippen molar-refractivity contribution >= 4 is 22.7 Å². The predicted molar refractivity (Wildman–Crippen MR) is 73.8 cm³/mol. The Hall–Kier alpha value is -1.88. The van der Waals surface area contributed by atoms with E-state index in [2.05, 4.69) is 45.3 Å². The van der Waals surface area contributed by atoms with Crippen LogP contribution >= 0.6 is 0 Å². The molecule has 2 aromatic rings. The first-order valence-electron chi connectivity index (χ1n) is 6.23. The fourth-order valence-corrected chi connectivity index (χ4v) is 2.36. The lowest BCUT2D eigenvalue weighted by molar-refractivity contribution is 0.586. The molecule has 0 radical (unpaired) electrons. The van der Waals surface area contributed by atoms with Gasteiger partial charge in [-0.05, 0) is 24.6 Å². The number of nitrogens with one attached hydrogen (secondary N) is 1. The van der Waals surface area contributed by atoms with E-state index in [9.17, 15) is 0 Å². The van der Waals surface area contributed by atoms with Crippen LogP contribution in [-0.2, 0) is 0 Å². The zero-order chi connectivity index (χ0) is 12.5. The van der Waals surface area contributed by atoms with E-state index in [0.29, 0.717) is 5.95 Å². The quantitative estimate of drug-likeness (QED) is 0.780. The normalized spacial score (nSPS) is 16.2. The van der Waals surface area contributed by atoms with Gasteiger partial charge in [0.25, 0.3) is 0 Å². The Morgan fingerprint density at radius 3 is 2.78 bits per heavy atom. The summed E-state index contributed by atoms with van der Waals surface area (Å²) >= 11 is 0. The molecule has 3 N–H and O–H groups in total. The molecule has 1 aliphatic rings. The number of aryl methyl sites for hydroxylation is 1. The molecule has 1 saturated heterocycles. The van der Waals surface area contributed by atoms with Crippen LogP contribution in [0.3, 0.4) is 0 Å². The van der Waals surface area contributed by atoms with Crippen LogP contribution in [0.5, 0.6) is 0 Å². The van der Waals surface area contributed by atoms with Crippen LogP contribution in [0.4, 0.5) is 11.8 Å². The number of fused-ring (bicyclic) bond motifs is 1. The molecule has 94 valence electrons. The van der Waals surface area contributed by atoms with E-state index in [4.69, 9.17) is 5.73 Å². The molecule has 1 aromatic carbocycles. The van der Waals surface area contributed by atoms with Crippen molar-refractivity contribution in [3.63, 3.8) is 0 Å². The van der Waals surface area contributed by atoms with Crippen LogP contribution in [-0.4, -0.2) is 36.1 Å². The molecule has 0 aliphatic carbocycles. The Kier molecular flexibility index (Phi) is 2.76. The minimum Gasteiger partial charge on any atom is -0.368 e. The van der Waals surface area contributed by atoms with E-state index in [-0.39, 0.29) is 0 Å². The molecule has 0 amide bonds. The highest BCUT2D eigenvalue weighted by Gasteiger charge is 2.16. The van der Waals surface area contributed by atoms with Gasteiger partial charge in [0, 0.05) is 31.6 Å². The maximum absolute atomic E-state index is 5.82. The molecule has 5 nitrogen and oxygen atoms in total. The molecule has 1 fully saturated rings. The summed E-state index contributed by atoms with van der Waals surface area (Å²) in [4.78, 5) is 11.0. The van der Waals surface area contributed by atoms with Crippen molar-refractivity contribution in [3.05, 3.63) is 23.8 Å². The molecular weight excluding hydrogens is 226 g/mol. The molecule has 0 saturated carbocycles. The van der Waals surface area contributed by atoms with Crippen LogP contribution in [0.2, 0.25) is 0 Å². The van der Waals surface area contributed by atoms with Crippen molar-refractivity contribution in [2.75, 3.05) is 36.8 Å². The standard InChI is InChI=1S/C13H17N5/c1-9-2-3-10-11(8-9)16-13(14)17-12(10)18-6-4-15-5-7-18/h2-3,8,15H,4-7H2,1H3,(H2,14,16,17). The van der Waals surface area contributed by atoms with Crippen molar-refractivity contribution in [1.29, 1.82) is 0 Å². The topological polar surface area (TPSA) is 67.1 Å². The zero-order valence-electron chi connectivity index (χ0n) is 10.5. The summed E-state index contributed by atoms with van der Waals surface area (Å²) < 4.78 is 0. The summed E-state index contributed by atoms with van der Waals surface area (Å²) in [5.41, 5.74) is 7.93. The minimum atomic E-state index is 0.349. The number of rotatable bonds is 1. The fourth-order valence-electron chi connectivity index (χ4n) is 2.36. The van der Waals surface area contributed by atoms with Gasteiger partial charge >= 0.3 is 0 Å². The number of benzene rings is 1. The summed E-state index contributed by atoms with van der Waals surface area (Å²) in [6.45, 7) is 5.94. The summed E-state index contributed by atoms with van der Waals surface area (Å²) in [6, 6.07) is 6.23. The summed E-state index contributed by atoms with van der Waals surface area (Å²) in [7, 11) is 0. The van der Waals surface area contributed by atoms with Crippen molar-refractivity contribution in [2.24, 2.45) is 0 Å². The Morgan fingerprint density at radius 1 is 1.22 bits per heavy atom. The molecule has 3 rings (SSSR count). The van der Waals surface area contributed by atoms with E-state index in [1.54, 1.807) is 0 Å². The Balaban J connectivity index is 2.14. The average molecular weight is 243 g/mol. The molecule has 0 atom stereocenters. The molecular formula is C13H17N5. The fraction of sp³-hybridized carbons (Fsp3) is 0.385. The number of piperazine rings is 1. The summed E-state index contributed by atoms with van der Waals surface area (Å²) in [5, 5.41) is 4.42. The number of nitrogen functional groups attached to an aromatic ring is 1. The van der Waals surface area contributed by atoms with E-state index in [1.165, 1.54) is 5.56 Å². The predicted octanol–water partition coefficient (Wildman–Crippen LogP) is 0.930. The number of nitrogens with zero attached hydrogens (tertiary/aromatic N) is 3. The lowest BCUT2D eigenvalue weighted by Crippen LogP contribution is -2.44. The molecule has 0 bridgehead atoms. The van der Waals surface area contributed by atoms with Gasteiger partial charge in [-0.1, -0.05) is 6.07 Å². The monoisotopic (exact) mass is 243 g/mol. The van der Waals surface area contributed by atoms with Crippen LogP contribution in [0.1, 0.15) is 5.56 Å². The zero-order valence-corrected chi connectivity index (χ0v) is 10.5. The van der Waals surface area contributed by atoms with Gasteiger partial charge in [0.2, 0.25) is 5.95 Å². The van der Waals surface area contributed by atoms with Crippen LogP contribution in [0.25, 0.3) is 10.9 Å². The number of anilines is 2. The molecule has 0 unspecified atom stereocenters. The molecule has 5 heteroatoms. The second-order valence-electron chi connectivity index (χ2n) is 4.66. The maximum Gasteiger partial charge on any atom is 0.222 e. The number of hydrogen-bond acceptors (Lipinski definition) is 5. The van der Waals surface area contributed by atoms with Crippen LogP contribution in [0, 0.1) is 6.92 Å². The van der Waals surface area contributed by atoms with Gasteiger partial charge in [-0.3, -0.25) is 0 Å². The largest absolute Gasteiger partial charge is 0.368 e. The third kappa shape index (κ3) is 1.97. The minimum absolute atomic E-state index is 0.349. The molecule has 1 aromatic heterocycles. The van der Waals surface area contributed by atoms with E-state index >= 15 is 0 Å². The highest BCUT2D eigenvalue weighted by atomic mass is 15.2. The number of nitrogens with two attached hydrogens (primary N) is 1. The highest BCUT2D eigenvalue weighted by Crippen LogP contribution is 2.25. The van der Waals surface area contributed by atoms with Gasteiger partial charge in [0.15, 0.2) is 0 Å². The van der Waals surface area contributed by atoms with Crippen molar-refractivity contribution in [3.8, 4) is 0 Å². The maximum atomic E-state index is 5.82. The van der Waals surface area contributed by atoms with Gasteiger partial charge in [0.05, 0.1) is 5.52 Å². The smallest absolute Gasteiger partial charge is 0.222 e. The first-order valence-corrected chi connectivity index (χ1v) is 6.23. The van der Waals surface area contributed by atoms with Crippen molar-refractivity contribution in [1.82, 2.24) is 15.3 Å². The Morgan fingerprint density at radius 2 is 2.00 bits per heavy atom. The van der Waals surface area contributed by atoms with E-state index in [0.717, 1.165) is 42.9 Å².